The fraction of sp³-hybridized carbons (Fsp3) is 0.271. The molecule has 0 spiro atoms. The first-order valence-corrected chi connectivity index (χ1v) is 48.6. The minimum atomic E-state index is -0.316. The van der Waals surface area contributed by atoms with E-state index < -0.39 is 0 Å². The highest BCUT2D eigenvalue weighted by Gasteiger charge is 2.27. The summed E-state index contributed by atoms with van der Waals surface area (Å²) in [6.07, 6.45) is 26.4. The normalized spacial score (nSPS) is 15.6. The number of benzene rings is 5. The lowest BCUT2D eigenvalue weighted by Gasteiger charge is -2.30. The third-order valence-electron chi connectivity index (χ3n) is 26.2. The summed E-state index contributed by atoms with van der Waals surface area (Å²) in [7, 11) is 0. The predicted octanol–water partition coefficient (Wildman–Crippen LogP) is 15.3. The maximum Gasteiger partial charge on any atom is 0.276 e. The van der Waals surface area contributed by atoms with E-state index in [9.17, 15) is 19.2 Å². The first kappa shape index (κ1) is 93.7. The van der Waals surface area contributed by atoms with Crippen LogP contribution in [-0.4, -0.2) is 267 Å². The molecule has 0 saturated carbocycles. The number of anilines is 10. The second-order valence-corrected chi connectivity index (χ2v) is 35.7. The number of para-hydroxylation sites is 1. The maximum absolute atomic E-state index is 13.1. The molecular formula is C107H107N27O10. The Kier molecular flexibility index (Phi) is 29.0. The van der Waals surface area contributed by atoms with E-state index in [0.29, 0.717) is 110 Å². The van der Waals surface area contributed by atoms with Gasteiger partial charge in [-0.15, -0.1) is 0 Å². The Morgan fingerprint density at radius 3 is 0.931 bits per heavy atom. The van der Waals surface area contributed by atoms with Crippen LogP contribution < -0.4 is 55.4 Å². The Balaban J connectivity index is 0.000000113. The van der Waals surface area contributed by atoms with E-state index in [0.717, 1.165) is 235 Å². The molecule has 0 bridgehead atoms. The van der Waals surface area contributed by atoms with Crippen molar-refractivity contribution in [3.63, 3.8) is 0 Å². The zero-order valence-corrected chi connectivity index (χ0v) is 79.3. The van der Waals surface area contributed by atoms with Gasteiger partial charge in [0.05, 0.1) is 166 Å². The van der Waals surface area contributed by atoms with Crippen molar-refractivity contribution < 1.29 is 47.6 Å². The molecule has 7 aliphatic rings. The molecule has 17 aromatic rings. The molecule has 5 aromatic carbocycles. The van der Waals surface area contributed by atoms with E-state index >= 15 is 0 Å². The molecule has 0 atom stereocenters. The molecule has 730 valence electrons. The zero-order chi connectivity index (χ0) is 97.3. The van der Waals surface area contributed by atoms with Crippen molar-refractivity contribution in [2.75, 3.05) is 208 Å². The highest BCUT2D eigenvalue weighted by Crippen LogP contribution is 2.36. The summed E-state index contributed by atoms with van der Waals surface area (Å²) in [6, 6.07) is 56.7. The first-order valence-electron chi connectivity index (χ1n) is 48.6. The maximum atomic E-state index is 13.1. The topological polar surface area (TPSA) is 412 Å². The van der Waals surface area contributed by atoms with Gasteiger partial charge in [0.2, 0.25) is 0 Å². The van der Waals surface area contributed by atoms with Crippen LogP contribution in [0.25, 0.3) is 88.1 Å². The molecule has 7 fully saturated rings. The van der Waals surface area contributed by atoms with Crippen molar-refractivity contribution in [2.45, 2.75) is 32.2 Å². The number of pyridine rings is 8. The van der Waals surface area contributed by atoms with Gasteiger partial charge in [-0.3, -0.25) is 64.4 Å². The van der Waals surface area contributed by atoms with Gasteiger partial charge >= 0.3 is 0 Å². The molecule has 144 heavy (non-hydrogen) atoms. The summed E-state index contributed by atoms with van der Waals surface area (Å²) in [5.41, 5.74) is 18.2. The Labute approximate surface area is 828 Å². The summed E-state index contributed by atoms with van der Waals surface area (Å²) < 4.78 is 33.0. The molecule has 19 heterocycles. The molecule has 0 aliphatic carbocycles. The van der Waals surface area contributed by atoms with Crippen LogP contribution in [0.15, 0.2) is 250 Å². The lowest BCUT2D eigenvalue weighted by Crippen LogP contribution is -2.36. The van der Waals surface area contributed by atoms with Crippen LogP contribution >= 0.6 is 0 Å². The zero-order valence-electron chi connectivity index (χ0n) is 79.3. The predicted molar refractivity (Wildman–Crippen MR) is 554 cm³/mol. The largest absolute Gasteiger partial charge is 0.456 e. The van der Waals surface area contributed by atoms with E-state index in [2.05, 4.69) is 154 Å². The molecule has 0 radical (unpaired) electrons. The van der Waals surface area contributed by atoms with Crippen molar-refractivity contribution in [1.82, 2.24) is 85.6 Å². The van der Waals surface area contributed by atoms with Crippen LogP contribution in [0.3, 0.4) is 0 Å². The Hall–Kier alpha value is -16.6. The summed E-state index contributed by atoms with van der Waals surface area (Å²) >= 11 is 0. The van der Waals surface area contributed by atoms with Gasteiger partial charge in [-0.25, -0.2) is 19.9 Å². The Morgan fingerprint density at radius 2 is 0.597 bits per heavy atom. The van der Waals surface area contributed by atoms with Gasteiger partial charge in [0.25, 0.3) is 23.6 Å². The third kappa shape index (κ3) is 22.6. The van der Waals surface area contributed by atoms with Gasteiger partial charge in [0.15, 0.2) is 22.8 Å². The SMILES string of the molecule is O=C(Nc1ccc(N2CCOCC2)nc1)c1n[nH]c2ccc(-c3cncc(CN4CCC4)c3)cc12.O=C(Nc1ccc(N2CCOCC2)nc1)c1n[nH]c2ccc(-c3cncc(N4CCCCC4)c3)cc12.O=C(Nc1ccc(N2CCOCC2)nc1)c1n[nH]c2ccc(-c3cncc(N4CCOCC4)c3)cc12.O=C(Nc1ccc(N2CCOCC2)nc1)c1n[nH]c2ccc(-c3cncc(Oc4ccccc4)c3)cc12. The summed E-state index contributed by atoms with van der Waals surface area (Å²) in [6.45, 7) is 20.5. The Morgan fingerprint density at radius 1 is 0.278 bits per heavy atom. The number of aromatic amines is 4. The van der Waals surface area contributed by atoms with Gasteiger partial charge in [0, 0.05) is 160 Å². The third-order valence-corrected chi connectivity index (χ3v) is 26.2. The number of hydrogen-bond acceptors (Lipinski definition) is 29. The van der Waals surface area contributed by atoms with Crippen LogP contribution in [-0.2, 0) is 30.2 Å². The van der Waals surface area contributed by atoms with Crippen molar-refractivity contribution in [2.24, 2.45) is 0 Å². The number of hydrogen-bond donors (Lipinski definition) is 8. The van der Waals surface area contributed by atoms with Crippen molar-refractivity contribution in [1.29, 1.82) is 0 Å². The van der Waals surface area contributed by atoms with Crippen LogP contribution in [0.4, 0.5) is 57.4 Å². The fourth-order valence-corrected chi connectivity index (χ4v) is 18.3. The average molecular weight is 1930 g/mol. The molecule has 37 nitrogen and oxygen atoms in total. The van der Waals surface area contributed by atoms with Gasteiger partial charge in [0.1, 0.15) is 34.8 Å². The quantitative estimate of drug-likeness (QED) is 0.0312. The van der Waals surface area contributed by atoms with Crippen LogP contribution in [0.5, 0.6) is 11.5 Å². The number of rotatable bonds is 22. The smallest absolute Gasteiger partial charge is 0.276 e. The number of piperidine rings is 1. The number of H-pyrrole nitrogens is 4. The van der Waals surface area contributed by atoms with E-state index in [1.165, 1.54) is 31.2 Å². The second-order valence-electron chi connectivity index (χ2n) is 35.7. The summed E-state index contributed by atoms with van der Waals surface area (Å²) in [5.74, 6) is 3.70. The monoisotopic (exact) mass is 1930 g/mol. The number of ether oxygens (including phenoxy) is 6. The molecule has 4 amide bonds. The lowest BCUT2D eigenvalue weighted by molar-refractivity contribution is 0.101. The molecule has 8 N–H and O–H groups in total. The number of morpholine rings is 5. The van der Waals surface area contributed by atoms with Crippen LogP contribution in [0, 0.1) is 0 Å². The highest BCUT2D eigenvalue weighted by atomic mass is 16.5. The Bertz CT molecular complexity index is 7110. The van der Waals surface area contributed by atoms with Gasteiger partial charge in [-0.2, -0.15) is 20.4 Å². The average Bonchev–Trinajstić information content (AvgIpc) is 1.65. The number of fused-ring (bicyclic) bond motifs is 4. The van der Waals surface area contributed by atoms with E-state index in [1.54, 1.807) is 37.2 Å². The molecule has 12 aromatic heterocycles. The van der Waals surface area contributed by atoms with Crippen molar-refractivity contribution >= 4 is 125 Å². The molecule has 24 rings (SSSR count). The fourth-order valence-electron chi connectivity index (χ4n) is 18.3. The molecule has 7 aliphatic heterocycles. The standard InChI is InChI=1S/C28H24N6O3.C27H29N7O2.C26H27N7O3.C26H27N7O2/c35-28(31-21-7-9-26(30-17-21)34-10-12-36-13-11-34)27-24-15-19(6-8-25(24)32-33-27)20-14-23(18-29-16-20)37-22-4-2-1-3-5-22;35-27(30-21-5-7-25(29-17-21)34-10-12-36-13-11-34)26-23-15-19(4-6-24(23)31-32-26)20-14-22(18-28-16-20)33-8-2-1-3-9-33;34-26(29-20-2-4-24(28-16-20)33-7-11-36-12-8-33)25-22-14-18(1-3-23(22)30-31-25)19-13-21(17-27-15-19)32-5-9-35-10-6-32;34-26(29-21-3-5-24(28-16-21)33-8-10-35-11-9-33)25-22-13-19(2-4-23(22)30-31-25)20-12-18(14-27-15-20)17-32-6-1-7-32/h1-9,14-18H,10-13H2,(H,31,35)(H,32,33);4-7,14-18H,1-3,8-13H2,(H,30,35)(H,31,32);1-4,13-17H,5-12H2,(H,29,34)(H,30,31);2-5,12-16H,1,6-11,17H2,(H,29,34)(H,30,31). The van der Waals surface area contributed by atoms with Gasteiger partial charge in [-0.05, 0) is 200 Å². The van der Waals surface area contributed by atoms with Crippen molar-refractivity contribution in [3.05, 3.63) is 279 Å². The number of nitrogens with one attached hydrogen (secondary N) is 8. The number of nitrogens with zero attached hydrogens (tertiary/aromatic N) is 19. The first-order chi connectivity index (χ1) is 70.9. The van der Waals surface area contributed by atoms with E-state index in [1.807, 2.05) is 195 Å². The minimum absolute atomic E-state index is 0.278. The summed E-state index contributed by atoms with van der Waals surface area (Å²) in [5, 5.41) is 43.7. The van der Waals surface area contributed by atoms with Crippen LogP contribution in [0.2, 0.25) is 0 Å². The van der Waals surface area contributed by atoms with E-state index in [-0.39, 0.29) is 23.6 Å². The number of amides is 4. The second kappa shape index (κ2) is 44.5. The minimum Gasteiger partial charge on any atom is -0.456 e. The van der Waals surface area contributed by atoms with Gasteiger partial charge < -0.3 is 79.1 Å². The highest BCUT2D eigenvalue weighted by molar-refractivity contribution is 6.15. The lowest BCUT2D eigenvalue weighted by atomic mass is 10.0. The number of carbonyl (C=O) groups excluding carboxylic acids is 4. The number of aromatic nitrogens is 16. The molecular weight excluding hydrogens is 1820 g/mol. The molecule has 37 heteroatoms. The van der Waals surface area contributed by atoms with Crippen LogP contribution in [0.1, 0.15) is 73.2 Å². The van der Waals surface area contributed by atoms with Crippen molar-refractivity contribution in [3.8, 4) is 56.0 Å². The number of likely N-dealkylation sites (tertiary alicyclic amines) is 1. The van der Waals surface area contributed by atoms with Gasteiger partial charge in [-0.1, -0.05) is 42.5 Å². The summed E-state index contributed by atoms with van der Waals surface area (Å²) in [4.78, 5) is 104. The number of carbonyl (C=O) groups is 4. The molecule has 0 unspecified atom stereocenters. The molecule has 7 saturated heterocycles. The van der Waals surface area contributed by atoms with E-state index in [4.69, 9.17) is 28.4 Å².